The Bertz CT molecular complexity index is 622. The Morgan fingerprint density at radius 3 is 2.72 bits per heavy atom. The van der Waals surface area contributed by atoms with E-state index < -0.39 is 10.0 Å². The van der Waals surface area contributed by atoms with Gasteiger partial charge in [-0.1, -0.05) is 18.2 Å². The Morgan fingerprint density at radius 1 is 1.39 bits per heavy atom. The third-order valence-electron chi connectivity index (χ3n) is 2.66. The minimum absolute atomic E-state index is 0.0526. The van der Waals surface area contributed by atoms with Crippen molar-refractivity contribution in [2.45, 2.75) is 11.6 Å². The minimum atomic E-state index is -3.62. The molecule has 96 valence electrons. The second kappa shape index (κ2) is 4.79. The first-order valence-corrected chi connectivity index (χ1v) is 6.76. The Hall–Kier alpha value is -1.86. The van der Waals surface area contributed by atoms with Crippen LogP contribution in [0.2, 0.25) is 0 Å². The summed E-state index contributed by atoms with van der Waals surface area (Å²) in [6.07, 6.45) is 2.60. The first-order valence-electron chi connectivity index (χ1n) is 5.32. The molecule has 2 aromatic rings. The van der Waals surface area contributed by atoms with Gasteiger partial charge in [-0.15, -0.1) is 0 Å². The van der Waals surface area contributed by atoms with Gasteiger partial charge in [-0.05, 0) is 11.6 Å². The highest BCUT2D eigenvalue weighted by Gasteiger charge is 2.23. The summed E-state index contributed by atoms with van der Waals surface area (Å²) in [6, 6.07) is 7.11. The van der Waals surface area contributed by atoms with E-state index in [4.69, 9.17) is 5.73 Å². The third-order valence-corrected chi connectivity index (χ3v) is 4.36. The molecule has 0 aliphatic rings. The molecule has 1 heterocycles. The van der Waals surface area contributed by atoms with Crippen LogP contribution in [-0.2, 0) is 16.6 Å². The minimum Gasteiger partial charge on any atom is -0.334 e. The molecule has 18 heavy (non-hydrogen) atoms. The number of H-pyrrole nitrogens is 1. The molecule has 0 bridgehead atoms. The summed E-state index contributed by atoms with van der Waals surface area (Å²) < 4.78 is 25.7. The van der Waals surface area contributed by atoms with Gasteiger partial charge >= 0.3 is 0 Å². The number of benzene rings is 1. The molecule has 0 amide bonds. The largest absolute Gasteiger partial charge is 0.334 e. The number of hydrogen-bond acceptors (Lipinski definition) is 4. The first kappa shape index (κ1) is 12.6. The van der Waals surface area contributed by atoms with Crippen molar-refractivity contribution in [3.05, 3.63) is 42.4 Å². The number of aromatic nitrogens is 2. The van der Waals surface area contributed by atoms with Crippen LogP contribution in [0, 0.1) is 0 Å². The van der Waals surface area contributed by atoms with Gasteiger partial charge < -0.3 is 10.7 Å². The van der Waals surface area contributed by atoms with E-state index >= 15 is 0 Å². The molecule has 0 aliphatic heterocycles. The monoisotopic (exact) mass is 266 g/mol. The topological polar surface area (TPSA) is 92.1 Å². The Kier molecular flexibility index (Phi) is 3.35. The van der Waals surface area contributed by atoms with Crippen LogP contribution in [0.3, 0.4) is 0 Å². The van der Waals surface area contributed by atoms with Crippen LogP contribution in [-0.4, -0.2) is 25.4 Å². The lowest BCUT2D eigenvalue weighted by molar-refractivity contribution is 0.591. The van der Waals surface area contributed by atoms with Crippen LogP contribution in [0.25, 0.3) is 0 Å². The summed E-state index contributed by atoms with van der Waals surface area (Å²) in [7, 11) is -2.13. The predicted molar refractivity (Wildman–Crippen MR) is 68.5 cm³/mol. The average molecular weight is 266 g/mol. The van der Waals surface area contributed by atoms with E-state index in [1.54, 1.807) is 18.2 Å². The normalized spacial score (nSPS) is 11.4. The van der Waals surface area contributed by atoms with Crippen LogP contribution in [0.15, 0.2) is 41.8 Å². The van der Waals surface area contributed by atoms with Crippen molar-refractivity contribution < 1.29 is 8.42 Å². The maximum absolute atomic E-state index is 12.3. The van der Waals surface area contributed by atoms with Gasteiger partial charge in [-0.3, -0.25) is 4.31 Å². The lowest BCUT2D eigenvalue weighted by Gasteiger charge is -2.20. The number of nitrogens with one attached hydrogen (secondary N) is 1. The van der Waals surface area contributed by atoms with Crippen molar-refractivity contribution in [1.29, 1.82) is 0 Å². The van der Waals surface area contributed by atoms with E-state index in [0.29, 0.717) is 5.69 Å². The van der Waals surface area contributed by atoms with E-state index in [1.807, 2.05) is 6.07 Å². The summed E-state index contributed by atoms with van der Waals surface area (Å²) in [5.74, 6) is 0. The molecule has 1 aromatic heterocycles. The van der Waals surface area contributed by atoms with Crippen LogP contribution < -0.4 is 10.0 Å². The standard InChI is InChI=1S/C11H14N4O2S/c1-15(10-5-3-2-4-9(10)6-12)18(16,17)11-7-13-8-14-11/h2-5,7-8H,6,12H2,1H3,(H,13,14). The Labute approximate surface area is 106 Å². The van der Waals surface area contributed by atoms with E-state index in [0.717, 1.165) is 5.56 Å². The zero-order valence-electron chi connectivity index (χ0n) is 9.87. The molecule has 6 nitrogen and oxygen atoms in total. The molecule has 3 N–H and O–H groups in total. The van der Waals surface area contributed by atoms with Crippen LogP contribution >= 0.6 is 0 Å². The van der Waals surface area contributed by atoms with Crippen molar-refractivity contribution in [2.24, 2.45) is 5.73 Å². The van der Waals surface area contributed by atoms with Crippen molar-refractivity contribution in [3.63, 3.8) is 0 Å². The van der Waals surface area contributed by atoms with Crippen molar-refractivity contribution in [3.8, 4) is 0 Å². The molecular formula is C11H14N4O2S. The lowest BCUT2D eigenvalue weighted by Crippen LogP contribution is -2.28. The van der Waals surface area contributed by atoms with Crippen molar-refractivity contribution in [1.82, 2.24) is 9.97 Å². The molecule has 2 rings (SSSR count). The van der Waals surface area contributed by atoms with E-state index in [1.165, 1.54) is 23.9 Å². The molecule has 0 unspecified atom stereocenters. The summed E-state index contributed by atoms with van der Waals surface area (Å²) in [4.78, 5) is 6.31. The Morgan fingerprint density at radius 2 is 2.11 bits per heavy atom. The molecule has 0 atom stereocenters. The predicted octanol–water partition coefficient (Wildman–Crippen LogP) is 0.694. The van der Waals surface area contributed by atoms with Gasteiger partial charge in [0.15, 0.2) is 5.03 Å². The highest BCUT2D eigenvalue weighted by atomic mass is 32.2. The molecule has 0 radical (unpaired) electrons. The summed E-state index contributed by atoms with van der Waals surface area (Å²) in [5, 5.41) is 0.0526. The fraction of sp³-hybridized carbons (Fsp3) is 0.182. The third kappa shape index (κ3) is 2.09. The van der Waals surface area contributed by atoms with Gasteiger partial charge in [-0.2, -0.15) is 8.42 Å². The number of anilines is 1. The zero-order valence-corrected chi connectivity index (χ0v) is 10.7. The quantitative estimate of drug-likeness (QED) is 0.851. The number of hydrogen-bond donors (Lipinski definition) is 2. The molecule has 0 spiro atoms. The maximum atomic E-state index is 12.3. The van der Waals surface area contributed by atoms with Gasteiger partial charge in [-0.25, -0.2) is 4.98 Å². The van der Waals surface area contributed by atoms with Gasteiger partial charge in [0.05, 0.1) is 18.2 Å². The van der Waals surface area contributed by atoms with Crippen molar-refractivity contribution in [2.75, 3.05) is 11.4 Å². The molecule has 1 aromatic carbocycles. The van der Waals surface area contributed by atoms with Crippen LogP contribution in [0.1, 0.15) is 5.56 Å². The van der Waals surface area contributed by atoms with Crippen LogP contribution in [0.5, 0.6) is 0 Å². The lowest BCUT2D eigenvalue weighted by atomic mass is 10.2. The highest BCUT2D eigenvalue weighted by molar-refractivity contribution is 7.92. The molecule has 0 saturated carbocycles. The molecule has 0 fully saturated rings. The van der Waals surface area contributed by atoms with Gasteiger partial charge in [0, 0.05) is 13.6 Å². The zero-order chi connectivity index (χ0) is 13.2. The number of nitrogens with zero attached hydrogens (tertiary/aromatic N) is 2. The van der Waals surface area contributed by atoms with Gasteiger partial charge in [0.1, 0.15) is 0 Å². The summed E-state index contributed by atoms with van der Waals surface area (Å²) >= 11 is 0. The maximum Gasteiger partial charge on any atom is 0.281 e. The number of para-hydroxylation sites is 1. The summed E-state index contributed by atoms with van der Waals surface area (Å²) in [5.41, 5.74) is 6.94. The molecular weight excluding hydrogens is 252 g/mol. The Balaban J connectivity index is 2.46. The second-order valence-corrected chi connectivity index (χ2v) is 5.66. The number of nitrogens with two attached hydrogens (primary N) is 1. The number of sulfonamides is 1. The SMILES string of the molecule is CN(c1ccccc1CN)S(=O)(=O)c1cnc[nH]1. The smallest absolute Gasteiger partial charge is 0.281 e. The number of rotatable bonds is 4. The number of aromatic amines is 1. The molecule has 0 saturated heterocycles. The fourth-order valence-electron chi connectivity index (χ4n) is 1.65. The van der Waals surface area contributed by atoms with Gasteiger partial charge in [0.25, 0.3) is 10.0 Å². The van der Waals surface area contributed by atoms with E-state index in [-0.39, 0.29) is 11.6 Å². The van der Waals surface area contributed by atoms with Crippen molar-refractivity contribution >= 4 is 15.7 Å². The molecule has 7 heteroatoms. The summed E-state index contributed by atoms with van der Waals surface area (Å²) in [6.45, 7) is 0.277. The van der Waals surface area contributed by atoms with Gasteiger partial charge in [0.2, 0.25) is 0 Å². The van der Waals surface area contributed by atoms with E-state index in [9.17, 15) is 8.42 Å². The second-order valence-electron chi connectivity index (χ2n) is 3.72. The van der Waals surface area contributed by atoms with E-state index in [2.05, 4.69) is 9.97 Å². The van der Waals surface area contributed by atoms with Crippen LogP contribution in [0.4, 0.5) is 5.69 Å². The number of imidazole rings is 1. The fourth-order valence-corrected chi connectivity index (χ4v) is 2.78. The average Bonchev–Trinajstić information content (AvgIpc) is 2.92. The first-order chi connectivity index (χ1) is 8.57. The molecule has 0 aliphatic carbocycles. The highest BCUT2D eigenvalue weighted by Crippen LogP contribution is 2.24.